The standard InChI is InChI=1S/C32H26Br2/c1-20-12-16-22(17-13-20)27-28(23-18-14-21(2)15-19-23)30-29(27)31(33)25-10-6-7-11-26(25)32(30,34)24-8-4-3-5-9-24/h3-19,26-28H,1-2H3/t26?,27-,28-,32?/m0/s1. The van der Waals surface area contributed by atoms with Crippen LogP contribution < -0.4 is 0 Å². The molecule has 0 saturated carbocycles. The quantitative estimate of drug-likeness (QED) is 0.276. The fraction of sp³-hybridized carbons (Fsp3) is 0.188. The van der Waals surface area contributed by atoms with Crippen LogP contribution in [-0.2, 0) is 4.32 Å². The average Bonchev–Trinajstić information content (AvgIpc) is 2.85. The van der Waals surface area contributed by atoms with Crippen molar-refractivity contribution < 1.29 is 0 Å². The summed E-state index contributed by atoms with van der Waals surface area (Å²) in [6.45, 7) is 4.32. The first-order valence-corrected chi connectivity index (χ1v) is 13.5. The van der Waals surface area contributed by atoms with E-state index >= 15 is 0 Å². The lowest BCUT2D eigenvalue weighted by atomic mass is 9.52. The molecule has 0 nitrogen and oxygen atoms in total. The number of benzene rings is 3. The minimum absolute atomic E-state index is 0.222. The number of halogens is 2. The molecule has 3 aliphatic carbocycles. The Kier molecular flexibility index (Phi) is 5.43. The molecule has 0 saturated heterocycles. The van der Waals surface area contributed by atoms with Crippen molar-refractivity contribution in [2.45, 2.75) is 30.0 Å². The average molecular weight is 570 g/mol. The van der Waals surface area contributed by atoms with Crippen molar-refractivity contribution in [3.8, 4) is 0 Å². The number of fused-ring (bicyclic) bond motifs is 1. The maximum absolute atomic E-state index is 4.40. The van der Waals surface area contributed by atoms with E-state index in [1.54, 1.807) is 0 Å². The zero-order valence-corrected chi connectivity index (χ0v) is 22.5. The van der Waals surface area contributed by atoms with Crippen LogP contribution in [0.15, 0.2) is 124 Å². The first-order chi connectivity index (χ1) is 16.5. The van der Waals surface area contributed by atoms with E-state index in [2.05, 4.69) is 149 Å². The number of rotatable bonds is 3. The number of hydrogen-bond donors (Lipinski definition) is 0. The molecule has 34 heavy (non-hydrogen) atoms. The highest BCUT2D eigenvalue weighted by molar-refractivity contribution is 9.12. The predicted octanol–water partition coefficient (Wildman–Crippen LogP) is 9.18. The van der Waals surface area contributed by atoms with Gasteiger partial charge in [0.15, 0.2) is 0 Å². The summed E-state index contributed by atoms with van der Waals surface area (Å²) in [6, 6.07) is 29.2. The Hall–Kier alpha value is -2.42. The van der Waals surface area contributed by atoms with Crippen LogP contribution in [0.2, 0.25) is 0 Å². The van der Waals surface area contributed by atoms with Crippen molar-refractivity contribution >= 4 is 31.9 Å². The number of hydrogen-bond acceptors (Lipinski definition) is 0. The molecular formula is C32H26Br2. The SMILES string of the molecule is Cc1ccc([C@@H]2C3=C([C@H]2c2ccc(C)cc2)C(Br)(c2ccccc2)C2C=CC=CC2=C3Br)cc1. The van der Waals surface area contributed by atoms with Gasteiger partial charge in [0.1, 0.15) is 0 Å². The summed E-state index contributed by atoms with van der Waals surface area (Å²) in [6.07, 6.45) is 8.99. The van der Waals surface area contributed by atoms with Crippen LogP contribution in [-0.4, -0.2) is 0 Å². The van der Waals surface area contributed by atoms with Gasteiger partial charge in [0.2, 0.25) is 0 Å². The van der Waals surface area contributed by atoms with Crippen LogP contribution >= 0.6 is 31.9 Å². The second-order valence-electron chi connectivity index (χ2n) is 9.67. The van der Waals surface area contributed by atoms with E-state index in [4.69, 9.17) is 0 Å². The first kappa shape index (κ1) is 22.1. The Balaban J connectivity index is 1.64. The second kappa shape index (κ2) is 8.36. The minimum atomic E-state index is -0.297. The molecule has 3 aromatic rings. The van der Waals surface area contributed by atoms with E-state index in [9.17, 15) is 0 Å². The lowest BCUT2D eigenvalue weighted by molar-refractivity contribution is 0.457. The molecule has 0 N–H and O–H groups in total. The molecule has 0 aromatic heterocycles. The van der Waals surface area contributed by atoms with Gasteiger partial charge in [-0.2, -0.15) is 0 Å². The summed E-state index contributed by atoms with van der Waals surface area (Å²) in [4.78, 5) is 0. The smallest absolute Gasteiger partial charge is 0.0749 e. The van der Waals surface area contributed by atoms with Crippen molar-refractivity contribution in [1.29, 1.82) is 0 Å². The predicted molar refractivity (Wildman–Crippen MR) is 150 cm³/mol. The van der Waals surface area contributed by atoms with Gasteiger partial charge in [-0.1, -0.05) is 146 Å². The highest BCUT2D eigenvalue weighted by atomic mass is 79.9. The Morgan fingerprint density at radius 2 is 1.29 bits per heavy atom. The zero-order chi connectivity index (χ0) is 23.4. The van der Waals surface area contributed by atoms with Crippen LogP contribution in [0.4, 0.5) is 0 Å². The van der Waals surface area contributed by atoms with E-state index in [0.717, 1.165) is 0 Å². The van der Waals surface area contributed by atoms with Crippen LogP contribution in [0.1, 0.15) is 39.7 Å². The maximum atomic E-state index is 4.40. The molecule has 168 valence electrons. The highest BCUT2D eigenvalue weighted by Crippen LogP contribution is 2.70. The zero-order valence-electron chi connectivity index (χ0n) is 19.3. The summed E-state index contributed by atoms with van der Waals surface area (Å²) in [5.74, 6) is 0.826. The first-order valence-electron chi connectivity index (χ1n) is 11.9. The molecule has 0 spiro atoms. The van der Waals surface area contributed by atoms with Gasteiger partial charge < -0.3 is 0 Å². The maximum Gasteiger partial charge on any atom is 0.0830 e. The summed E-state index contributed by atoms with van der Waals surface area (Å²) < 4.78 is 0.960. The van der Waals surface area contributed by atoms with Crippen LogP contribution in [0.5, 0.6) is 0 Å². The van der Waals surface area contributed by atoms with Crippen molar-refractivity contribution in [1.82, 2.24) is 0 Å². The number of aryl methyl sites for hydroxylation is 2. The van der Waals surface area contributed by atoms with E-state index < -0.39 is 0 Å². The summed E-state index contributed by atoms with van der Waals surface area (Å²) in [5.41, 5.74) is 10.9. The lowest BCUT2D eigenvalue weighted by Gasteiger charge is -2.55. The van der Waals surface area contributed by atoms with Gasteiger partial charge in [-0.05, 0) is 47.3 Å². The molecule has 2 heteroatoms. The normalized spacial score (nSPS) is 27.4. The van der Waals surface area contributed by atoms with Crippen LogP contribution in [0, 0.1) is 19.8 Å². The van der Waals surface area contributed by atoms with E-state index in [0.29, 0.717) is 11.8 Å². The molecule has 3 aromatic carbocycles. The molecule has 0 bridgehead atoms. The van der Waals surface area contributed by atoms with Gasteiger partial charge in [0.25, 0.3) is 0 Å². The molecule has 0 radical (unpaired) electrons. The van der Waals surface area contributed by atoms with Gasteiger partial charge in [-0.15, -0.1) is 0 Å². The van der Waals surface area contributed by atoms with E-state index in [-0.39, 0.29) is 10.2 Å². The Morgan fingerprint density at radius 1 is 0.706 bits per heavy atom. The highest BCUT2D eigenvalue weighted by Gasteiger charge is 2.57. The lowest BCUT2D eigenvalue weighted by Crippen LogP contribution is -2.45. The fourth-order valence-corrected chi connectivity index (χ4v) is 7.91. The second-order valence-corrected chi connectivity index (χ2v) is 11.7. The Morgan fingerprint density at radius 3 is 1.91 bits per heavy atom. The largest absolute Gasteiger partial charge is 0.0830 e. The molecule has 6 rings (SSSR count). The third-order valence-electron chi connectivity index (χ3n) is 7.65. The molecule has 0 aliphatic heterocycles. The fourth-order valence-electron chi connectivity index (χ4n) is 5.95. The van der Waals surface area contributed by atoms with Crippen LogP contribution in [0.25, 0.3) is 0 Å². The third kappa shape index (κ3) is 3.22. The molecule has 0 amide bonds. The molecule has 0 heterocycles. The molecule has 4 atom stereocenters. The monoisotopic (exact) mass is 568 g/mol. The third-order valence-corrected chi connectivity index (χ3v) is 9.91. The number of allylic oxidation sites excluding steroid dienone is 8. The summed E-state index contributed by atoms with van der Waals surface area (Å²) in [5, 5.41) is 0. The Labute approximate surface area is 219 Å². The van der Waals surface area contributed by atoms with E-state index in [1.807, 2.05) is 0 Å². The molecule has 2 unspecified atom stereocenters. The van der Waals surface area contributed by atoms with Gasteiger partial charge in [0, 0.05) is 22.2 Å². The van der Waals surface area contributed by atoms with Gasteiger partial charge in [-0.3, -0.25) is 0 Å². The van der Waals surface area contributed by atoms with Crippen LogP contribution in [0.3, 0.4) is 0 Å². The van der Waals surface area contributed by atoms with Crippen molar-refractivity contribution in [3.63, 3.8) is 0 Å². The topological polar surface area (TPSA) is 0 Å². The summed E-state index contributed by atoms with van der Waals surface area (Å²) in [7, 11) is 0. The molecule has 0 fully saturated rings. The number of alkyl halides is 1. The van der Waals surface area contributed by atoms with Crippen molar-refractivity contribution in [3.05, 3.63) is 152 Å². The molecular weight excluding hydrogens is 544 g/mol. The minimum Gasteiger partial charge on any atom is -0.0749 e. The van der Waals surface area contributed by atoms with E-state index in [1.165, 1.54) is 49.0 Å². The molecule has 3 aliphatic rings. The van der Waals surface area contributed by atoms with Gasteiger partial charge in [0.05, 0.1) is 4.32 Å². The van der Waals surface area contributed by atoms with Gasteiger partial charge >= 0.3 is 0 Å². The Bertz CT molecular complexity index is 1370. The van der Waals surface area contributed by atoms with Gasteiger partial charge in [-0.25, -0.2) is 0 Å². The van der Waals surface area contributed by atoms with Crippen molar-refractivity contribution in [2.75, 3.05) is 0 Å². The van der Waals surface area contributed by atoms with Crippen molar-refractivity contribution in [2.24, 2.45) is 5.92 Å². The summed E-state index contributed by atoms with van der Waals surface area (Å²) >= 11 is 8.49.